The Bertz CT molecular complexity index is 794. The summed E-state index contributed by atoms with van der Waals surface area (Å²) in [6.07, 6.45) is 3.19. The van der Waals surface area contributed by atoms with Crippen molar-refractivity contribution in [1.82, 2.24) is 9.97 Å². The highest BCUT2D eigenvalue weighted by Gasteiger charge is 2.10. The predicted molar refractivity (Wildman–Crippen MR) is 77.7 cm³/mol. The van der Waals surface area contributed by atoms with Gasteiger partial charge < -0.3 is 4.42 Å². The van der Waals surface area contributed by atoms with Crippen LogP contribution in [0.4, 0.5) is 5.88 Å². The molecule has 0 amide bonds. The average Bonchev–Trinajstić information content (AvgIpc) is 3.07. The third-order valence-corrected chi connectivity index (χ3v) is 4.07. The first-order chi connectivity index (χ1) is 9.74. The topological polar surface area (TPSA) is 82.1 Å². The minimum Gasteiger partial charge on any atom is -0.401 e. The molecule has 0 N–H and O–H groups in total. The molecule has 20 heavy (non-hydrogen) atoms. The van der Waals surface area contributed by atoms with Gasteiger partial charge in [-0.3, -0.25) is 10.1 Å². The van der Waals surface area contributed by atoms with Gasteiger partial charge in [0, 0.05) is 5.39 Å². The molecule has 3 heterocycles. The maximum Gasteiger partial charge on any atom is 0.433 e. The van der Waals surface area contributed by atoms with Gasteiger partial charge in [-0.25, -0.2) is 9.97 Å². The summed E-state index contributed by atoms with van der Waals surface area (Å²) in [5, 5.41) is 16.1. The van der Waals surface area contributed by atoms with Crippen molar-refractivity contribution in [2.24, 2.45) is 0 Å². The minimum absolute atomic E-state index is 0.267. The first-order valence-electron chi connectivity index (χ1n) is 5.49. The number of hydrogen-bond donors (Lipinski definition) is 0. The molecule has 0 aliphatic heterocycles. The fourth-order valence-electron chi connectivity index (χ4n) is 1.56. The van der Waals surface area contributed by atoms with Crippen LogP contribution in [-0.4, -0.2) is 14.9 Å². The highest BCUT2D eigenvalue weighted by molar-refractivity contribution is 8.02. The number of nitro groups is 1. The van der Waals surface area contributed by atoms with Crippen LogP contribution >= 0.6 is 23.1 Å². The van der Waals surface area contributed by atoms with Crippen LogP contribution in [0.25, 0.3) is 16.3 Å². The largest absolute Gasteiger partial charge is 0.433 e. The van der Waals surface area contributed by atoms with Crippen molar-refractivity contribution >= 4 is 45.3 Å². The number of aromatic nitrogens is 2. The summed E-state index contributed by atoms with van der Waals surface area (Å²) in [6, 6.07) is 4.84. The summed E-state index contributed by atoms with van der Waals surface area (Å²) in [7, 11) is 0. The lowest BCUT2D eigenvalue weighted by Gasteiger charge is -1.95. The zero-order chi connectivity index (χ0) is 13.9. The standard InChI is InChI=1S/C12H7N3O3S2/c16-15(17)10-2-1-8(18-10)3-5-19-11-9-4-6-20-12(9)14-7-13-11/h1-7H/b5-3+. The van der Waals surface area contributed by atoms with E-state index in [-0.39, 0.29) is 5.88 Å². The molecule has 0 atom stereocenters. The van der Waals surface area contributed by atoms with E-state index in [1.54, 1.807) is 28.9 Å². The second-order valence-electron chi connectivity index (χ2n) is 3.67. The zero-order valence-electron chi connectivity index (χ0n) is 9.92. The predicted octanol–water partition coefficient (Wildman–Crippen LogP) is 3.96. The number of fused-ring (bicyclic) bond motifs is 1. The van der Waals surface area contributed by atoms with Gasteiger partial charge >= 0.3 is 5.88 Å². The molecule has 0 aliphatic rings. The van der Waals surface area contributed by atoms with Crippen LogP contribution in [0.15, 0.2) is 44.8 Å². The molecule has 100 valence electrons. The van der Waals surface area contributed by atoms with Gasteiger partial charge in [0.2, 0.25) is 0 Å². The van der Waals surface area contributed by atoms with E-state index < -0.39 is 4.92 Å². The van der Waals surface area contributed by atoms with E-state index in [1.165, 1.54) is 24.2 Å². The molecule has 8 heteroatoms. The van der Waals surface area contributed by atoms with Gasteiger partial charge in [0.1, 0.15) is 26.9 Å². The van der Waals surface area contributed by atoms with Crippen molar-refractivity contribution in [1.29, 1.82) is 0 Å². The van der Waals surface area contributed by atoms with Crippen molar-refractivity contribution < 1.29 is 9.34 Å². The second-order valence-corrected chi connectivity index (χ2v) is 5.46. The second kappa shape index (κ2) is 5.43. The average molecular weight is 305 g/mol. The van der Waals surface area contributed by atoms with Crippen LogP contribution in [0.1, 0.15) is 5.76 Å². The normalized spacial score (nSPS) is 11.4. The number of thioether (sulfide) groups is 1. The molecule has 0 bridgehead atoms. The molecular weight excluding hydrogens is 298 g/mol. The minimum atomic E-state index is -0.566. The van der Waals surface area contributed by atoms with E-state index in [0.29, 0.717) is 5.76 Å². The summed E-state index contributed by atoms with van der Waals surface area (Å²) in [5.41, 5.74) is 0. The van der Waals surface area contributed by atoms with Gasteiger partial charge in [0.15, 0.2) is 0 Å². The van der Waals surface area contributed by atoms with Crippen LogP contribution in [0.3, 0.4) is 0 Å². The number of nitrogens with zero attached hydrogens (tertiary/aromatic N) is 3. The van der Waals surface area contributed by atoms with E-state index in [4.69, 9.17) is 4.42 Å². The summed E-state index contributed by atoms with van der Waals surface area (Å²) in [4.78, 5) is 19.2. The van der Waals surface area contributed by atoms with Gasteiger partial charge in [-0.1, -0.05) is 11.8 Å². The maximum absolute atomic E-state index is 10.5. The van der Waals surface area contributed by atoms with Crippen LogP contribution in [0, 0.1) is 10.1 Å². The molecule has 0 spiro atoms. The van der Waals surface area contributed by atoms with Crippen molar-refractivity contribution in [3.05, 3.63) is 51.2 Å². The van der Waals surface area contributed by atoms with Crippen LogP contribution in [0.2, 0.25) is 0 Å². The Morgan fingerprint density at radius 1 is 1.35 bits per heavy atom. The van der Waals surface area contributed by atoms with Crippen molar-refractivity contribution in [3.63, 3.8) is 0 Å². The Morgan fingerprint density at radius 3 is 3.05 bits per heavy atom. The van der Waals surface area contributed by atoms with Gasteiger partial charge in [0.05, 0.1) is 6.07 Å². The summed E-state index contributed by atoms with van der Waals surface area (Å²) >= 11 is 2.97. The van der Waals surface area contributed by atoms with E-state index >= 15 is 0 Å². The third-order valence-electron chi connectivity index (χ3n) is 2.43. The van der Waals surface area contributed by atoms with Crippen molar-refractivity contribution in [2.45, 2.75) is 5.03 Å². The molecule has 0 unspecified atom stereocenters. The third kappa shape index (κ3) is 2.56. The Kier molecular flexibility index (Phi) is 3.48. The fraction of sp³-hybridized carbons (Fsp3) is 0. The molecule has 0 radical (unpaired) electrons. The number of hydrogen-bond acceptors (Lipinski definition) is 7. The summed E-state index contributed by atoms with van der Waals surface area (Å²) < 4.78 is 5.03. The highest BCUT2D eigenvalue weighted by Crippen LogP contribution is 2.29. The molecule has 0 aliphatic carbocycles. The van der Waals surface area contributed by atoms with Gasteiger partial charge in [-0.15, -0.1) is 11.3 Å². The van der Waals surface area contributed by atoms with E-state index in [0.717, 1.165) is 15.2 Å². The maximum atomic E-state index is 10.5. The van der Waals surface area contributed by atoms with E-state index in [9.17, 15) is 10.1 Å². The lowest BCUT2D eigenvalue weighted by atomic mass is 10.4. The quantitative estimate of drug-likeness (QED) is 0.314. The first-order valence-corrected chi connectivity index (χ1v) is 7.25. The molecule has 0 fully saturated rings. The zero-order valence-corrected chi connectivity index (χ0v) is 11.6. The smallest absolute Gasteiger partial charge is 0.401 e. The Labute approximate surface area is 121 Å². The molecule has 6 nitrogen and oxygen atoms in total. The van der Waals surface area contributed by atoms with Crippen molar-refractivity contribution in [3.8, 4) is 0 Å². The Morgan fingerprint density at radius 2 is 2.25 bits per heavy atom. The van der Waals surface area contributed by atoms with E-state index in [1.807, 2.05) is 11.4 Å². The van der Waals surface area contributed by atoms with Crippen LogP contribution in [0.5, 0.6) is 0 Å². The molecule has 3 aromatic rings. The monoisotopic (exact) mass is 305 g/mol. The lowest BCUT2D eigenvalue weighted by Crippen LogP contribution is -1.82. The number of rotatable bonds is 4. The summed E-state index contributed by atoms with van der Waals surface area (Å²) in [6.45, 7) is 0. The SMILES string of the molecule is O=[N+]([O-])c1ccc(/C=C/Sc2ncnc3sccc23)o1. The highest BCUT2D eigenvalue weighted by atomic mass is 32.2. The van der Waals surface area contributed by atoms with Crippen molar-refractivity contribution in [2.75, 3.05) is 0 Å². The molecule has 3 rings (SSSR count). The lowest BCUT2D eigenvalue weighted by molar-refractivity contribution is -0.402. The molecule has 0 aromatic carbocycles. The first kappa shape index (κ1) is 12.8. The number of furan rings is 1. The molecule has 0 saturated carbocycles. The molecule has 3 aromatic heterocycles. The van der Waals surface area contributed by atoms with Crippen LogP contribution in [-0.2, 0) is 0 Å². The molecule has 0 saturated heterocycles. The van der Waals surface area contributed by atoms with E-state index in [2.05, 4.69) is 9.97 Å². The van der Waals surface area contributed by atoms with Crippen LogP contribution < -0.4 is 0 Å². The number of thiophene rings is 1. The summed E-state index contributed by atoms with van der Waals surface area (Å²) in [5.74, 6) is 0.164. The Hall–Kier alpha value is -2.19. The molecular formula is C12H7N3O3S2. The van der Waals surface area contributed by atoms with Gasteiger partial charge in [0.25, 0.3) is 0 Å². The fourth-order valence-corrected chi connectivity index (χ4v) is 3.08. The Balaban J connectivity index is 1.76. The van der Waals surface area contributed by atoms with Gasteiger partial charge in [-0.05, 0) is 29.0 Å². The van der Waals surface area contributed by atoms with Gasteiger partial charge in [-0.2, -0.15) is 0 Å².